The fraction of sp³-hybridized carbons (Fsp3) is 1.00. The van der Waals surface area contributed by atoms with Crippen molar-refractivity contribution >= 4 is 30.4 Å². The van der Waals surface area contributed by atoms with E-state index in [1.54, 1.807) is 0 Å². The molecule has 0 heterocycles. The van der Waals surface area contributed by atoms with E-state index in [-0.39, 0.29) is 38.5 Å². The van der Waals surface area contributed by atoms with Gasteiger partial charge in [-0.3, -0.25) is 13.7 Å². The molecule has 0 aromatic carbocycles. The lowest BCUT2D eigenvalue weighted by Gasteiger charge is -2.18. The van der Waals surface area contributed by atoms with Gasteiger partial charge in [0, 0.05) is 0 Å². The summed E-state index contributed by atoms with van der Waals surface area (Å²) in [6.45, 7) is 1.54. The minimum Gasteiger partial charge on any atom is -0.367 e. The number of aliphatic hydroxyl groups excluding tert-OH is 1. The molecule has 14 heteroatoms. The van der Waals surface area contributed by atoms with Crippen LogP contribution < -0.4 is 0 Å². The van der Waals surface area contributed by atoms with Gasteiger partial charge in [-0.25, -0.2) is 0 Å². The summed E-state index contributed by atoms with van der Waals surface area (Å²) < 4.78 is 94.1. The molecule has 0 aliphatic rings. The molecule has 0 aliphatic carbocycles. The molecular weight excluding hydrogens is 416 g/mol. The van der Waals surface area contributed by atoms with E-state index in [4.69, 9.17) is 19.3 Å². The van der Waals surface area contributed by atoms with E-state index in [1.165, 1.54) is 6.92 Å². The van der Waals surface area contributed by atoms with Crippen LogP contribution in [0.2, 0.25) is 0 Å². The Bertz CT molecular complexity index is 724. The summed E-state index contributed by atoms with van der Waals surface area (Å²) in [6.07, 6.45) is -3.18. The fourth-order valence-electron chi connectivity index (χ4n) is 2.58. The van der Waals surface area contributed by atoms with Gasteiger partial charge in [0.1, 0.15) is 5.25 Å². The predicted octanol–water partition coefficient (Wildman–Crippen LogP) is -0.183. The molecule has 5 N–H and O–H groups in total. The lowest BCUT2D eigenvalue weighted by Crippen LogP contribution is -2.34. The number of aliphatic hydroxyl groups is 2. The van der Waals surface area contributed by atoms with Crippen molar-refractivity contribution in [2.75, 3.05) is 0 Å². The van der Waals surface area contributed by atoms with Gasteiger partial charge in [-0.05, 0) is 32.1 Å². The fourth-order valence-corrected chi connectivity index (χ4v) is 5.16. The van der Waals surface area contributed by atoms with Crippen molar-refractivity contribution in [3.8, 4) is 0 Å². The summed E-state index contributed by atoms with van der Waals surface area (Å²) in [5.41, 5.74) is 0. The molecule has 0 aromatic rings. The maximum Gasteiger partial charge on any atom is 0.272 e. The first-order valence-corrected chi connectivity index (χ1v) is 12.4. The van der Waals surface area contributed by atoms with E-state index in [1.807, 2.05) is 0 Å². The Hall–Kier alpha value is -0.350. The van der Waals surface area contributed by atoms with Crippen LogP contribution in [0.3, 0.4) is 0 Å². The number of rotatable bonds is 13. The van der Waals surface area contributed by atoms with Crippen molar-refractivity contribution in [3.05, 3.63) is 0 Å². The number of hydrogen-bond donors (Lipinski definition) is 5. The summed E-state index contributed by atoms with van der Waals surface area (Å²) in [4.78, 5) is 0. The molecule has 0 saturated carbocycles. The van der Waals surface area contributed by atoms with E-state index in [0.29, 0.717) is 0 Å². The molecule has 0 bridgehead atoms. The van der Waals surface area contributed by atoms with Crippen molar-refractivity contribution in [3.63, 3.8) is 0 Å². The predicted molar refractivity (Wildman–Crippen MR) is 92.2 cm³/mol. The second kappa shape index (κ2) is 10.3. The van der Waals surface area contributed by atoms with Gasteiger partial charge in [0.25, 0.3) is 30.4 Å². The minimum absolute atomic E-state index is 0.0235. The first-order valence-electron chi connectivity index (χ1n) is 7.85. The Kier molecular flexibility index (Phi) is 10.1. The Morgan fingerprint density at radius 1 is 0.654 bits per heavy atom. The zero-order chi connectivity index (χ0) is 20.8. The quantitative estimate of drug-likeness (QED) is 0.187. The molecular formula is C12H26O11S3. The summed E-state index contributed by atoms with van der Waals surface area (Å²) in [5.74, 6) is 0. The van der Waals surface area contributed by atoms with E-state index >= 15 is 0 Å². The molecule has 0 amide bonds. The van der Waals surface area contributed by atoms with Crippen LogP contribution in [0.15, 0.2) is 0 Å². The molecule has 3 atom stereocenters. The van der Waals surface area contributed by atoms with Crippen LogP contribution in [0.1, 0.15) is 51.9 Å². The van der Waals surface area contributed by atoms with E-state index in [9.17, 15) is 29.8 Å². The largest absolute Gasteiger partial charge is 0.367 e. The van der Waals surface area contributed by atoms with Gasteiger partial charge >= 0.3 is 0 Å². The Labute approximate surface area is 153 Å². The van der Waals surface area contributed by atoms with E-state index in [0.717, 1.165) is 0 Å². The van der Waals surface area contributed by atoms with E-state index < -0.39 is 58.8 Å². The average molecular weight is 443 g/mol. The molecule has 158 valence electrons. The minimum atomic E-state index is -4.75. The van der Waals surface area contributed by atoms with Gasteiger partial charge in [0.2, 0.25) is 0 Å². The molecule has 0 radical (unpaired) electrons. The first kappa shape index (κ1) is 25.6. The zero-order valence-electron chi connectivity index (χ0n) is 14.2. The molecule has 0 aliphatic heterocycles. The van der Waals surface area contributed by atoms with Crippen molar-refractivity contribution in [1.82, 2.24) is 0 Å². The summed E-state index contributed by atoms with van der Waals surface area (Å²) in [5, 5.41) is 13.6. The third kappa shape index (κ3) is 9.55. The van der Waals surface area contributed by atoms with Gasteiger partial charge in [-0.2, -0.15) is 25.3 Å². The molecule has 0 aromatic heterocycles. The topological polar surface area (TPSA) is 204 Å². The highest BCUT2D eigenvalue weighted by atomic mass is 32.2. The normalized spacial score (nSPS) is 17.2. The molecule has 0 rings (SSSR count). The first-order chi connectivity index (χ1) is 11.6. The van der Waals surface area contributed by atoms with Crippen LogP contribution in [0.4, 0.5) is 0 Å². The monoisotopic (exact) mass is 442 g/mol. The van der Waals surface area contributed by atoms with Crippen LogP contribution in [0, 0.1) is 0 Å². The summed E-state index contributed by atoms with van der Waals surface area (Å²) in [7, 11) is -13.5. The van der Waals surface area contributed by atoms with Crippen molar-refractivity contribution in [1.29, 1.82) is 0 Å². The van der Waals surface area contributed by atoms with Crippen LogP contribution >= 0.6 is 0 Å². The van der Waals surface area contributed by atoms with Crippen LogP contribution in [0.5, 0.6) is 0 Å². The SMILES string of the molecule is CCC(CCCC(CCCC(C(O)O)S(=O)(=O)O)S(=O)(=O)O)S(=O)(=O)O. The van der Waals surface area contributed by atoms with Gasteiger partial charge in [-0.15, -0.1) is 0 Å². The third-order valence-electron chi connectivity index (χ3n) is 4.08. The van der Waals surface area contributed by atoms with Crippen molar-refractivity contribution < 1.29 is 49.1 Å². The standard InChI is InChI=1S/C12H26O11S3/c1-2-9(24(15,16)17)5-3-6-10(25(18,19)20)7-4-8-11(12(13)14)26(21,22)23/h9-14H,2-8H2,1H3,(H,15,16,17)(H,18,19,20)(H,21,22,23). The highest BCUT2D eigenvalue weighted by molar-refractivity contribution is 7.87. The smallest absolute Gasteiger partial charge is 0.272 e. The van der Waals surface area contributed by atoms with Crippen LogP contribution in [0.25, 0.3) is 0 Å². The summed E-state index contributed by atoms with van der Waals surface area (Å²) >= 11 is 0. The third-order valence-corrected chi connectivity index (χ3v) is 8.05. The van der Waals surface area contributed by atoms with Gasteiger partial charge in [0.15, 0.2) is 6.29 Å². The second-order valence-electron chi connectivity index (χ2n) is 6.01. The lowest BCUT2D eigenvalue weighted by molar-refractivity contribution is -0.0446. The maximum atomic E-state index is 11.4. The van der Waals surface area contributed by atoms with Crippen molar-refractivity contribution in [2.24, 2.45) is 0 Å². The molecule has 0 spiro atoms. The average Bonchev–Trinajstić information content (AvgIpc) is 2.40. The molecule has 0 fully saturated rings. The zero-order valence-corrected chi connectivity index (χ0v) is 16.6. The van der Waals surface area contributed by atoms with Crippen LogP contribution in [-0.4, -0.2) is 71.2 Å². The molecule has 26 heavy (non-hydrogen) atoms. The highest BCUT2D eigenvalue weighted by Gasteiger charge is 2.31. The highest BCUT2D eigenvalue weighted by Crippen LogP contribution is 2.21. The molecule has 3 unspecified atom stereocenters. The Morgan fingerprint density at radius 2 is 1.04 bits per heavy atom. The molecule has 0 saturated heterocycles. The van der Waals surface area contributed by atoms with E-state index in [2.05, 4.69) is 0 Å². The Morgan fingerprint density at radius 3 is 1.35 bits per heavy atom. The lowest BCUT2D eigenvalue weighted by atomic mass is 10.1. The summed E-state index contributed by atoms with van der Waals surface area (Å²) in [6, 6.07) is 0. The maximum absolute atomic E-state index is 11.4. The number of hydrogen-bond acceptors (Lipinski definition) is 8. The second-order valence-corrected chi connectivity index (χ2v) is 11.0. The van der Waals surface area contributed by atoms with Gasteiger partial charge in [-0.1, -0.05) is 19.8 Å². The van der Waals surface area contributed by atoms with Crippen LogP contribution in [-0.2, 0) is 30.4 Å². The van der Waals surface area contributed by atoms with Crippen molar-refractivity contribution in [2.45, 2.75) is 73.9 Å². The molecule has 11 nitrogen and oxygen atoms in total. The Balaban J connectivity index is 4.80. The van der Waals surface area contributed by atoms with Gasteiger partial charge in [0.05, 0.1) is 10.5 Å². The van der Waals surface area contributed by atoms with Gasteiger partial charge < -0.3 is 10.2 Å².